The maximum Gasteiger partial charge on any atom is 0.336 e. The molecule has 6 N–H and O–H groups in total. The van der Waals surface area contributed by atoms with Gasteiger partial charge in [0.2, 0.25) is 0 Å². The van der Waals surface area contributed by atoms with Crippen molar-refractivity contribution in [3.05, 3.63) is 57.4 Å². The van der Waals surface area contributed by atoms with Gasteiger partial charge >= 0.3 is 11.9 Å². The highest BCUT2D eigenvalue weighted by atomic mass is 35.5. The van der Waals surface area contributed by atoms with Crippen LogP contribution in [0.3, 0.4) is 0 Å². The number of aliphatic hydroxyl groups is 4. The smallest absolute Gasteiger partial charge is 0.336 e. The molecule has 0 aliphatic carbocycles. The molecule has 0 amide bonds. The molecule has 1 aromatic carbocycles. The lowest BCUT2D eigenvalue weighted by atomic mass is 9.80. The summed E-state index contributed by atoms with van der Waals surface area (Å²) >= 11 is 6.49. The first-order chi connectivity index (χ1) is 18.7. The van der Waals surface area contributed by atoms with Crippen molar-refractivity contribution in [1.82, 2.24) is 10.6 Å². The summed E-state index contributed by atoms with van der Waals surface area (Å²) in [5.74, 6) is -2.16. The zero-order valence-corrected chi connectivity index (χ0v) is 22.7. The maximum absolute atomic E-state index is 13.2. The van der Waals surface area contributed by atoms with Crippen LogP contribution in [0.5, 0.6) is 0 Å². The molecule has 39 heavy (non-hydrogen) atoms. The first kappa shape index (κ1) is 31.0. The molecule has 0 spiro atoms. The van der Waals surface area contributed by atoms with Gasteiger partial charge in [0.05, 0.1) is 56.3 Å². The summed E-state index contributed by atoms with van der Waals surface area (Å²) in [5, 5.41) is 45.6. The number of halogens is 1. The molecule has 216 valence electrons. The molecule has 6 atom stereocenters. The van der Waals surface area contributed by atoms with Crippen LogP contribution in [0, 0.1) is 0 Å². The van der Waals surface area contributed by atoms with Gasteiger partial charge in [-0.3, -0.25) is 5.32 Å². The molecule has 2 aliphatic rings. The number of aliphatic hydroxyl groups excluding tert-OH is 4. The number of nitrogens with one attached hydrogen (secondary N) is 2. The lowest BCUT2D eigenvalue weighted by Gasteiger charge is -2.40. The Morgan fingerprint density at radius 2 is 1.82 bits per heavy atom. The molecule has 0 radical (unpaired) electrons. The Hall–Kier alpha value is -2.55. The lowest BCUT2D eigenvalue weighted by molar-refractivity contribution is -0.236. The topological polar surface area (TPSA) is 176 Å². The molecule has 2 heterocycles. The summed E-state index contributed by atoms with van der Waals surface area (Å²) in [6.45, 7) is 3.08. The van der Waals surface area contributed by atoms with Gasteiger partial charge in [-0.2, -0.15) is 0 Å². The standard InChI is InChI=1S/C26H35ClN2O10/c1-4-38-26(35)20-16(12-37-10-9-28-24-23(33)22(32)21(31)17(11-30)39-24)29-13(2)18(25(34)36-3)19(20)14-7-5-6-8-15(14)27/h5-8,17,19,21-24,28-33H,4,9-12H2,1-3H3/t17-,19?,21-,22+,23-,24-/m1/s1. The molecular weight excluding hydrogens is 536 g/mol. The number of dihydropyridines is 1. The van der Waals surface area contributed by atoms with Gasteiger partial charge < -0.3 is 44.7 Å². The number of rotatable bonds is 11. The molecule has 1 aromatic rings. The first-order valence-electron chi connectivity index (χ1n) is 12.5. The van der Waals surface area contributed by atoms with E-state index in [1.54, 1.807) is 38.1 Å². The number of hydrogen-bond donors (Lipinski definition) is 6. The van der Waals surface area contributed by atoms with Crippen LogP contribution in [-0.2, 0) is 28.5 Å². The monoisotopic (exact) mass is 570 g/mol. The minimum Gasteiger partial charge on any atom is -0.466 e. The van der Waals surface area contributed by atoms with Crippen LogP contribution in [0.1, 0.15) is 25.3 Å². The fraction of sp³-hybridized carbons (Fsp3) is 0.538. The van der Waals surface area contributed by atoms with Crippen molar-refractivity contribution >= 4 is 23.5 Å². The van der Waals surface area contributed by atoms with E-state index >= 15 is 0 Å². The van der Waals surface area contributed by atoms with Crippen molar-refractivity contribution in [2.75, 3.05) is 40.1 Å². The van der Waals surface area contributed by atoms with E-state index in [0.29, 0.717) is 22.0 Å². The Balaban J connectivity index is 1.80. The van der Waals surface area contributed by atoms with Gasteiger partial charge in [0.25, 0.3) is 0 Å². The van der Waals surface area contributed by atoms with Gasteiger partial charge in [-0.15, -0.1) is 0 Å². The van der Waals surface area contributed by atoms with E-state index in [2.05, 4.69) is 10.6 Å². The Morgan fingerprint density at radius 3 is 2.46 bits per heavy atom. The fourth-order valence-electron chi connectivity index (χ4n) is 4.58. The van der Waals surface area contributed by atoms with Gasteiger partial charge in [-0.25, -0.2) is 9.59 Å². The lowest BCUT2D eigenvalue weighted by Crippen LogP contribution is -2.62. The highest BCUT2D eigenvalue weighted by Crippen LogP contribution is 2.41. The zero-order valence-electron chi connectivity index (χ0n) is 21.9. The average Bonchev–Trinajstić information content (AvgIpc) is 2.92. The molecule has 0 saturated carbocycles. The number of allylic oxidation sites excluding steroid dienone is 1. The highest BCUT2D eigenvalue weighted by Gasteiger charge is 2.43. The summed E-state index contributed by atoms with van der Waals surface area (Å²) in [6.07, 6.45) is -6.47. The van der Waals surface area contributed by atoms with Gasteiger partial charge in [0, 0.05) is 17.3 Å². The third-order valence-corrected chi connectivity index (χ3v) is 6.84. The van der Waals surface area contributed by atoms with Crippen LogP contribution < -0.4 is 10.6 Å². The van der Waals surface area contributed by atoms with Gasteiger partial charge in [0.1, 0.15) is 30.6 Å². The molecule has 0 aromatic heterocycles. The minimum atomic E-state index is -1.50. The maximum atomic E-state index is 13.2. The average molecular weight is 571 g/mol. The van der Waals surface area contributed by atoms with Crippen molar-refractivity contribution in [1.29, 1.82) is 0 Å². The van der Waals surface area contributed by atoms with E-state index in [-0.39, 0.29) is 37.5 Å². The normalized spacial score (nSPS) is 27.3. The van der Waals surface area contributed by atoms with Crippen molar-refractivity contribution in [3.63, 3.8) is 0 Å². The number of benzene rings is 1. The van der Waals surface area contributed by atoms with Crippen LogP contribution in [-0.4, -0.2) is 103 Å². The van der Waals surface area contributed by atoms with E-state index in [1.807, 2.05) is 0 Å². The first-order valence-corrected chi connectivity index (χ1v) is 12.9. The second kappa shape index (κ2) is 14.2. The molecule has 13 heteroatoms. The van der Waals surface area contributed by atoms with E-state index in [0.717, 1.165) is 0 Å². The summed E-state index contributed by atoms with van der Waals surface area (Å²) in [7, 11) is 1.25. The molecule has 0 bridgehead atoms. The van der Waals surface area contributed by atoms with Crippen LogP contribution in [0.2, 0.25) is 5.02 Å². The number of esters is 2. The van der Waals surface area contributed by atoms with Crippen LogP contribution in [0.15, 0.2) is 46.8 Å². The third kappa shape index (κ3) is 6.97. The van der Waals surface area contributed by atoms with Crippen LogP contribution in [0.4, 0.5) is 0 Å². The quantitative estimate of drug-likeness (QED) is 0.151. The third-order valence-electron chi connectivity index (χ3n) is 6.49. The Morgan fingerprint density at radius 1 is 1.10 bits per heavy atom. The van der Waals surface area contributed by atoms with Crippen LogP contribution >= 0.6 is 11.6 Å². The molecule has 1 fully saturated rings. The van der Waals surface area contributed by atoms with Crippen molar-refractivity contribution in [2.24, 2.45) is 0 Å². The molecule has 1 saturated heterocycles. The summed E-state index contributed by atoms with van der Waals surface area (Å²) in [5.41, 5.74) is 1.71. The number of methoxy groups -OCH3 is 1. The molecular formula is C26H35ClN2O10. The van der Waals surface area contributed by atoms with E-state index in [4.69, 9.17) is 30.5 Å². The van der Waals surface area contributed by atoms with Gasteiger partial charge in [0.15, 0.2) is 0 Å². The van der Waals surface area contributed by atoms with E-state index in [9.17, 15) is 30.0 Å². The van der Waals surface area contributed by atoms with Crippen molar-refractivity contribution in [3.8, 4) is 0 Å². The van der Waals surface area contributed by atoms with Gasteiger partial charge in [-0.1, -0.05) is 29.8 Å². The minimum absolute atomic E-state index is 0.0722. The SMILES string of the molecule is CCOC(=O)C1=C(COCCN[C@@H]2O[C@H](CO)[C@@H](O)[C@H](O)[C@H]2O)NC(C)=C(C(=O)OC)C1c1ccccc1Cl. The Kier molecular flexibility index (Phi) is 11.3. The van der Waals surface area contributed by atoms with E-state index < -0.39 is 55.1 Å². The van der Waals surface area contributed by atoms with Gasteiger partial charge in [-0.05, 0) is 25.5 Å². The largest absolute Gasteiger partial charge is 0.466 e. The summed E-state index contributed by atoms with van der Waals surface area (Å²) in [4.78, 5) is 26.0. The highest BCUT2D eigenvalue weighted by molar-refractivity contribution is 6.31. The molecule has 2 aliphatic heterocycles. The van der Waals surface area contributed by atoms with E-state index in [1.165, 1.54) is 7.11 Å². The number of hydrogen-bond acceptors (Lipinski definition) is 12. The zero-order chi connectivity index (χ0) is 28.7. The summed E-state index contributed by atoms with van der Waals surface area (Å²) in [6, 6.07) is 6.86. The predicted molar refractivity (Wildman–Crippen MR) is 138 cm³/mol. The molecule has 3 rings (SSSR count). The second-order valence-corrected chi connectivity index (χ2v) is 9.39. The Bertz CT molecular complexity index is 1090. The predicted octanol–water partition coefficient (Wildman–Crippen LogP) is -0.303. The summed E-state index contributed by atoms with van der Waals surface area (Å²) < 4.78 is 21.5. The van der Waals surface area contributed by atoms with Crippen molar-refractivity contribution in [2.45, 2.75) is 50.4 Å². The number of carbonyl (C=O) groups excluding carboxylic acids is 2. The number of ether oxygens (including phenoxy) is 4. The van der Waals surface area contributed by atoms with Crippen LogP contribution in [0.25, 0.3) is 0 Å². The molecule has 1 unspecified atom stereocenters. The fourth-order valence-corrected chi connectivity index (χ4v) is 4.82. The van der Waals surface area contributed by atoms with Crippen molar-refractivity contribution < 1.29 is 49.0 Å². The second-order valence-electron chi connectivity index (χ2n) is 8.98. The number of carbonyl (C=O) groups is 2. The molecule has 12 nitrogen and oxygen atoms in total. The Labute approximate surface area is 231 Å².